The van der Waals surface area contributed by atoms with Gasteiger partial charge in [-0.2, -0.15) is 0 Å². The number of urea groups is 1. The molecule has 4 rings (SSSR count). The summed E-state index contributed by atoms with van der Waals surface area (Å²) in [6.45, 7) is 1.35. The monoisotopic (exact) mass is 380 g/mol. The highest BCUT2D eigenvalue weighted by atomic mass is 16.8. The molecule has 0 saturated carbocycles. The first-order valence-electron chi connectivity index (χ1n) is 9.64. The third-order valence-corrected chi connectivity index (χ3v) is 5.50. The van der Waals surface area contributed by atoms with E-state index in [9.17, 15) is 9.59 Å². The third-order valence-electron chi connectivity index (χ3n) is 5.50. The van der Waals surface area contributed by atoms with E-state index in [2.05, 4.69) is 17.4 Å². The third kappa shape index (κ3) is 4.11. The topological polar surface area (TPSA) is 67.9 Å². The number of carbonyl (C=O) groups is 2. The Balaban J connectivity index is 1.42. The fraction of sp³-hybridized carbons (Fsp3) is 0.364. The van der Waals surface area contributed by atoms with Crippen LogP contribution < -0.4 is 5.32 Å². The molecule has 2 aromatic rings. The molecule has 0 aliphatic carbocycles. The second-order valence-corrected chi connectivity index (χ2v) is 7.41. The summed E-state index contributed by atoms with van der Waals surface area (Å²) in [4.78, 5) is 26.0. The maximum Gasteiger partial charge on any atom is 0.509 e. The minimum atomic E-state index is -0.607. The van der Waals surface area contributed by atoms with E-state index in [-0.39, 0.29) is 18.7 Å². The Kier molecular flexibility index (Phi) is 5.19. The lowest BCUT2D eigenvalue weighted by atomic mass is 9.92. The van der Waals surface area contributed by atoms with Crippen LogP contribution in [0.3, 0.4) is 0 Å². The van der Waals surface area contributed by atoms with Crippen LogP contribution in [-0.4, -0.2) is 42.4 Å². The SMILES string of the molecule is O=C1OCC2(CCN(C(=O)NC(Cc3ccccc3)c3ccccc3)CC2)O1. The quantitative estimate of drug-likeness (QED) is 0.822. The highest BCUT2D eigenvalue weighted by Crippen LogP contribution is 2.31. The summed E-state index contributed by atoms with van der Waals surface area (Å²) < 4.78 is 10.3. The molecule has 1 N–H and O–H groups in total. The number of piperidine rings is 1. The van der Waals surface area contributed by atoms with E-state index < -0.39 is 11.8 Å². The van der Waals surface area contributed by atoms with Crippen LogP contribution in [0.2, 0.25) is 0 Å². The van der Waals surface area contributed by atoms with Crippen LogP contribution in [0, 0.1) is 0 Å². The molecule has 2 saturated heterocycles. The second kappa shape index (κ2) is 7.92. The van der Waals surface area contributed by atoms with Gasteiger partial charge in [-0.3, -0.25) is 0 Å². The van der Waals surface area contributed by atoms with E-state index in [4.69, 9.17) is 9.47 Å². The number of benzene rings is 2. The van der Waals surface area contributed by atoms with Gasteiger partial charge < -0.3 is 19.7 Å². The zero-order valence-corrected chi connectivity index (χ0v) is 15.7. The van der Waals surface area contributed by atoms with Gasteiger partial charge in [0, 0.05) is 25.9 Å². The van der Waals surface area contributed by atoms with E-state index in [1.54, 1.807) is 4.90 Å². The number of cyclic esters (lactones) is 1. The smallest absolute Gasteiger partial charge is 0.430 e. The Bertz CT molecular complexity index is 817. The Labute approximate surface area is 164 Å². The van der Waals surface area contributed by atoms with Crippen LogP contribution in [0.4, 0.5) is 9.59 Å². The number of rotatable bonds is 4. The number of nitrogens with zero attached hydrogens (tertiary/aromatic N) is 1. The molecule has 6 heteroatoms. The normalized spacial score (nSPS) is 19.0. The van der Waals surface area contributed by atoms with E-state index in [1.165, 1.54) is 5.56 Å². The summed E-state index contributed by atoms with van der Waals surface area (Å²) in [7, 11) is 0. The largest absolute Gasteiger partial charge is 0.509 e. The molecule has 1 atom stereocenters. The first-order chi connectivity index (χ1) is 13.6. The number of likely N-dealkylation sites (tertiary alicyclic amines) is 1. The lowest BCUT2D eigenvalue weighted by Gasteiger charge is -2.37. The van der Waals surface area contributed by atoms with Crippen molar-refractivity contribution in [3.05, 3.63) is 71.8 Å². The van der Waals surface area contributed by atoms with Gasteiger partial charge in [0.05, 0.1) is 6.04 Å². The molecular weight excluding hydrogens is 356 g/mol. The molecule has 2 heterocycles. The second-order valence-electron chi connectivity index (χ2n) is 7.41. The fourth-order valence-electron chi connectivity index (χ4n) is 3.82. The van der Waals surface area contributed by atoms with Gasteiger partial charge in [0.15, 0.2) is 5.60 Å². The van der Waals surface area contributed by atoms with Crippen molar-refractivity contribution in [2.75, 3.05) is 19.7 Å². The molecule has 2 fully saturated rings. The molecule has 0 bridgehead atoms. The summed E-state index contributed by atoms with van der Waals surface area (Å²) in [6, 6.07) is 20.0. The van der Waals surface area contributed by atoms with Gasteiger partial charge in [0.1, 0.15) is 6.61 Å². The fourth-order valence-corrected chi connectivity index (χ4v) is 3.82. The van der Waals surface area contributed by atoms with Crippen LogP contribution in [0.1, 0.15) is 30.0 Å². The highest BCUT2D eigenvalue weighted by molar-refractivity contribution is 5.75. The first kappa shape index (κ1) is 18.3. The Morgan fingerprint density at radius 1 is 1.04 bits per heavy atom. The Hall–Kier alpha value is -3.02. The van der Waals surface area contributed by atoms with E-state index in [1.807, 2.05) is 48.5 Å². The average Bonchev–Trinajstić information content (AvgIpc) is 3.09. The predicted octanol–water partition coefficient (Wildman–Crippen LogP) is 3.68. The van der Waals surface area contributed by atoms with Crippen molar-refractivity contribution in [1.82, 2.24) is 10.2 Å². The number of ether oxygens (including phenoxy) is 2. The predicted molar refractivity (Wildman–Crippen MR) is 104 cm³/mol. The van der Waals surface area contributed by atoms with Crippen LogP contribution in [0.5, 0.6) is 0 Å². The first-order valence-corrected chi connectivity index (χ1v) is 9.64. The molecular formula is C22H24N2O4. The summed E-state index contributed by atoms with van der Waals surface area (Å²) in [5, 5.41) is 3.19. The number of hydrogen-bond donors (Lipinski definition) is 1. The molecule has 146 valence electrons. The van der Waals surface area contributed by atoms with Crippen LogP contribution in [0.15, 0.2) is 60.7 Å². The molecule has 0 radical (unpaired) electrons. The summed E-state index contributed by atoms with van der Waals surface area (Å²) in [5.41, 5.74) is 1.69. The zero-order valence-electron chi connectivity index (χ0n) is 15.7. The van der Waals surface area contributed by atoms with Gasteiger partial charge in [-0.1, -0.05) is 60.7 Å². The standard InChI is InChI=1S/C22H24N2O4/c25-20(24-13-11-22(12-14-24)16-27-21(26)28-22)23-19(18-9-5-2-6-10-18)15-17-7-3-1-4-8-17/h1-10,19H,11-16H2,(H,23,25). The van der Waals surface area contributed by atoms with Gasteiger partial charge in [-0.15, -0.1) is 0 Å². The van der Waals surface area contributed by atoms with Crippen molar-refractivity contribution in [3.8, 4) is 0 Å². The number of nitrogens with one attached hydrogen (secondary N) is 1. The maximum atomic E-state index is 12.9. The van der Waals surface area contributed by atoms with E-state index in [0.717, 1.165) is 12.0 Å². The van der Waals surface area contributed by atoms with Gasteiger partial charge >= 0.3 is 12.2 Å². The summed E-state index contributed by atoms with van der Waals surface area (Å²) in [6.07, 6.45) is 1.31. The van der Waals surface area contributed by atoms with Crippen molar-refractivity contribution >= 4 is 12.2 Å². The van der Waals surface area contributed by atoms with Gasteiger partial charge in [0.2, 0.25) is 0 Å². The Morgan fingerprint density at radius 3 is 2.29 bits per heavy atom. The molecule has 1 unspecified atom stereocenters. The van der Waals surface area contributed by atoms with Gasteiger partial charge in [-0.25, -0.2) is 9.59 Å². The zero-order chi connectivity index (χ0) is 19.4. The van der Waals surface area contributed by atoms with Crippen molar-refractivity contribution in [2.45, 2.75) is 30.9 Å². The lowest BCUT2D eigenvalue weighted by Crippen LogP contribution is -2.51. The van der Waals surface area contributed by atoms with Crippen LogP contribution >= 0.6 is 0 Å². The summed E-state index contributed by atoms with van der Waals surface area (Å²) in [5.74, 6) is 0. The van der Waals surface area contributed by atoms with E-state index in [0.29, 0.717) is 25.9 Å². The molecule has 2 aliphatic rings. The van der Waals surface area contributed by atoms with Crippen molar-refractivity contribution in [3.63, 3.8) is 0 Å². The maximum absolute atomic E-state index is 12.9. The van der Waals surface area contributed by atoms with Crippen molar-refractivity contribution in [2.24, 2.45) is 0 Å². The van der Waals surface area contributed by atoms with Crippen LogP contribution in [0.25, 0.3) is 0 Å². The van der Waals surface area contributed by atoms with Crippen LogP contribution in [-0.2, 0) is 15.9 Å². The van der Waals surface area contributed by atoms with Gasteiger partial charge in [-0.05, 0) is 17.5 Å². The molecule has 2 aromatic carbocycles. The lowest BCUT2D eigenvalue weighted by molar-refractivity contribution is 0.00912. The molecule has 6 nitrogen and oxygen atoms in total. The molecule has 0 aromatic heterocycles. The number of amides is 2. The van der Waals surface area contributed by atoms with E-state index >= 15 is 0 Å². The number of carbonyl (C=O) groups excluding carboxylic acids is 2. The average molecular weight is 380 g/mol. The molecule has 28 heavy (non-hydrogen) atoms. The molecule has 1 spiro atoms. The van der Waals surface area contributed by atoms with Crippen molar-refractivity contribution in [1.29, 1.82) is 0 Å². The minimum Gasteiger partial charge on any atom is -0.430 e. The van der Waals surface area contributed by atoms with Crippen molar-refractivity contribution < 1.29 is 19.1 Å². The highest BCUT2D eigenvalue weighted by Gasteiger charge is 2.45. The number of hydrogen-bond acceptors (Lipinski definition) is 4. The molecule has 2 amide bonds. The van der Waals surface area contributed by atoms with Gasteiger partial charge in [0.25, 0.3) is 0 Å². The minimum absolute atomic E-state index is 0.0927. The molecule has 2 aliphatic heterocycles. The Morgan fingerprint density at radius 2 is 1.68 bits per heavy atom. The summed E-state index contributed by atoms with van der Waals surface area (Å²) >= 11 is 0.